The number of halogens is 2. The van der Waals surface area contributed by atoms with Gasteiger partial charge in [-0.3, -0.25) is 15.4 Å². The lowest BCUT2D eigenvalue weighted by molar-refractivity contribution is 0.280. The number of hydrogen-bond donors (Lipinski definition) is 3. The SMILES string of the molecule is O=S(=O)(O)c1cccc(NN2N=C(Cl)C=C(Cl)N2)c1. The van der Waals surface area contributed by atoms with Crippen molar-refractivity contribution in [2.75, 3.05) is 5.43 Å². The Kier molecular flexibility index (Phi) is 3.85. The number of allylic oxidation sites excluding steroid dienone is 1. The van der Waals surface area contributed by atoms with E-state index in [1.807, 2.05) is 0 Å². The average molecular weight is 323 g/mol. The third kappa shape index (κ3) is 3.74. The van der Waals surface area contributed by atoms with Crippen LogP contribution < -0.4 is 10.9 Å². The van der Waals surface area contributed by atoms with E-state index in [-0.39, 0.29) is 15.2 Å². The predicted molar refractivity (Wildman–Crippen MR) is 72.1 cm³/mol. The summed E-state index contributed by atoms with van der Waals surface area (Å²) in [6.07, 6.45) is 1.40. The van der Waals surface area contributed by atoms with E-state index in [1.165, 1.54) is 24.3 Å². The molecule has 1 aromatic carbocycles. The Morgan fingerprint density at radius 1 is 1.37 bits per heavy atom. The monoisotopic (exact) mass is 322 g/mol. The van der Waals surface area contributed by atoms with Crippen molar-refractivity contribution in [3.05, 3.63) is 35.5 Å². The fourth-order valence-electron chi connectivity index (χ4n) is 1.29. The second kappa shape index (κ2) is 5.25. The Morgan fingerprint density at radius 2 is 2.11 bits per heavy atom. The maximum absolute atomic E-state index is 11.0. The van der Waals surface area contributed by atoms with Crippen molar-refractivity contribution in [1.29, 1.82) is 0 Å². The van der Waals surface area contributed by atoms with Crippen LogP contribution in [0.3, 0.4) is 0 Å². The highest BCUT2D eigenvalue weighted by Gasteiger charge is 2.13. The molecule has 1 aliphatic heterocycles. The number of hydrazine groups is 2. The first-order valence-corrected chi connectivity index (χ1v) is 7.06. The van der Waals surface area contributed by atoms with Crippen molar-refractivity contribution < 1.29 is 13.0 Å². The van der Waals surface area contributed by atoms with E-state index in [0.717, 1.165) is 5.23 Å². The predicted octanol–water partition coefficient (Wildman–Crippen LogP) is 1.71. The Hall–Kier alpha value is -1.48. The zero-order chi connectivity index (χ0) is 14.0. The number of nitrogens with one attached hydrogen (secondary N) is 2. The molecule has 0 saturated carbocycles. The van der Waals surface area contributed by atoms with Gasteiger partial charge >= 0.3 is 0 Å². The summed E-state index contributed by atoms with van der Waals surface area (Å²) in [5.41, 5.74) is 5.69. The van der Waals surface area contributed by atoms with Crippen LogP contribution in [0.4, 0.5) is 5.69 Å². The smallest absolute Gasteiger partial charge is 0.282 e. The molecule has 0 atom stereocenters. The Bertz CT molecular complexity index is 659. The first kappa shape index (κ1) is 13.9. The lowest BCUT2D eigenvalue weighted by Crippen LogP contribution is -2.39. The van der Waals surface area contributed by atoms with Crippen molar-refractivity contribution in [1.82, 2.24) is 10.7 Å². The molecular weight excluding hydrogens is 315 g/mol. The minimum Gasteiger partial charge on any atom is -0.282 e. The molecule has 0 bridgehead atoms. The number of hydrazone groups is 1. The van der Waals surface area contributed by atoms with Crippen LogP contribution in [0, 0.1) is 0 Å². The van der Waals surface area contributed by atoms with Gasteiger partial charge in [-0.1, -0.05) is 29.3 Å². The number of nitrogens with zero attached hydrogens (tertiary/aromatic N) is 2. The zero-order valence-corrected chi connectivity index (χ0v) is 11.5. The van der Waals surface area contributed by atoms with Crippen LogP contribution in [0.25, 0.3) is 0 Å². The molecule has 1 aromatic rings. The van der Waals surface area contributed by atoms with Gasteiger partial charge in [0.15, 0.2) is 5.17 Å². The van der Waals surface area contributed by atoms with Gasteiger partial charge in [0, 0.05) is 6.08 Å². The molecule has 0 amide bonds. The summed E-state index contributed by atoms with van der Waals surface area (Å²) in [6.45, 7) is 0. The maximum Gasteiger partial charge on any atom is 0.294 e. The van der Waals surface area contributed by atoms with E-state index in [9.17, 15) is 8.42 Å². The van der Waals surface area contributed by atoms with Crippen molar-refractivity contribution in [3.63, 3.8) is 0 Å². The molecule has 3 N–H and O–H groups in total. The number of rotatable bonds is 3. The van der Waals surface area contributed by atoms with Crippen LogP contribution in [-0.2, 0) is 10.1 Å². The quantitative estimate of drug-likeness (QED) is 0.579. The molecule has 0 saturated heterocycles. The average Bonchev–Trinajstić information content (AvgIpc) is 2.26. The molecule has 0 unspecified atom stereocenters. The highest BCUT2D eigenvalue weighted by Crippen LogP contribution is 2.17. The Morgan fingerprint density at radius 3 is 2.74 bits per heavy atom. The van der Waals surface area contributed by atoms with Gasteiger partial charge in [-0.25, -0.2) is 0 Å². The summed E-state index contributed by atoms with van der Waals surface area (Å²) in [4.78, 5) is -0.244. The summed E-state index contributed by atoms with van der Waals surface area (Å²) >= 11 is 11.5. The molecule has 10 heteroatoms. The van der Waals surface area contributed by atoms with Gasteiger partial charge in [0.2, 0.25) is 0 Å². The fourth-order valence-corrected chi connectivity index (χ4v) is 2.24. The highest BCUT2D eigenvalue weighted by atomic mass is 35.5. The Labute approximate surface area is 119 Å². The van der Waals surface area contributed by atoms with Crippen molar-refractivity contribution in [2.24, 2.45) is 5.10 Å². The van der Waals surface area contributed by atoms with Gasteiger partial charge in [0.25, 0.3) is 10.1 Å². The molecule has 1 aliphatic rings. The Balaban J connectivity index is 2.19. The fraction of sp³-hybridized carbons (Fsp3) is 0. The molecule has 7 nitrogen and oxygen atoms in total. The second-order valence-corrected chi connectivity index (χ2v) is 5.67. The molecule has 102 valence electrons. The minimum absolute atomic E-state index is 0.141. The molecule has 19 heavy (non-hydrogen) atoms. The lowest BCUT2D eigenvalue weighted by atomic mass is 10.3. The van der Waals surface area contributed by atoms with Gasteiger partial charge < -0.3 is 0 Å². The second-order valence-electron chi connectivity index (χ2n) is 3.45. The number of benzene rings is 1. The first-order chi connectivity index (χ1) is 8.84. The molecule has 2 rings (SSSR count). The van der Waals surface area contributed by atoms with Gasteiger partial charge in [0.1, 0.15) is 5.16 Å². The summed E-state index contributed by atoms with van der Waals surface area (Å²) < 4.78 is 30.9. The lowest BCUT2D eigenvalue weighted by Gasteiger charge is -2.24. The molecule has 0 radical (unpaired) electrons. The topological polar surface area (TPSA) is 94.0 Å². The van der Waals surface area contributed by atoms with Crippen molar-refractivity contribution >= 4 is 44.2 Å². The van der Waals surface area contributed by atoms with E-state index in [0.29, 0.717) is 5.69 Å². The van der Waals surface area contributed by atoms with Crippen molar-refractivity contribution in [2.45, 2.75) is 4.90 Å². The molecule has 0 spiro atoms. The molecule has 1 heterocycles. The van der Waals surface area contributed by atoms with E-state index in [2.05, 4.69) is 16.0 Å². The first-order valence-electron chi connectivity index (χ1n) is 4.87. The van der Waals surface area contributed by atoms with E-state index in [4.69, 9.17) is 27.8 Å². The third-order valence-corrected chi connectivity index (χ3v) is 3.25. The van der Waals surface area contributed by atoms with Crippen LogP contribution in [0.15, 0.2) is 45.5 Å². The molecule has 0 fully saturated rings. The molecule has 0 aromatic heterocycles. The van der Waals surface area contributed by atoms with Crippen LogP contribution in [0.5, 0.6) is 0 Å². The van der Waals surface area contributed by atoms with Crippen LogP contribution in [0.1, 0.15) is 0 Å². The summed E-state index contributed by atoms with van der Waals surface area (Å²) in [7, 11) is -4.27. The highest BCUT2D eigenvalue weighted by molar-refractivity contribution is 7.85. The van der Waals surface area contributed by atoms with Gasteiger partial charge in [0.05, 0.1) is 10.6 Å². The normalized spacial score (nSPS) is 15.4. The van der Waals surface area contributed by atoms with Crippen LogP contribution >= 0.6 is 23.2 Å². The number of hydrogen-bond acceptors (Lipinski definition) is 6. The van der Waals surface area contributed by atoms with E-state index >= 15 is 0 Å². The van der Waals surface area contributed by atoms with Gasteiger partial charge in [-0.15, -0.1) is 10.3 Å². The van der Waals surface area contributed by atoms with Crippen LogP contribution in [-0.4, -0.2) is 23.4 Å². The van der Waals surface area contributed by atoms with Gasteiger partial charge in [-0.05, 0) is 18.2 Å². The maximum atomic E-state index is 11.0. The third-order valence-electron chi connectivity index (χ3n) is 2.02. The summed E-state index contributed by atoms with van der Waals surface area (Å²) in [5.74, 6) is 0. The minimum atomic E-state index is -4.27. The van der Waals surface area contributed by atoms with E-state index in [1.54, 1.807) is 6.07 Å². The molecular formula is C9H8Cl2N4O3S. The largest absolute Gasteiger partial charge is 0.294 e. The van der Waals surface area contributed by atoms with Crippen LogP contribution in [0.2, 0.25) is 0 Å². The summed E-state index contributed by atoms with van der Waals surface area (Å²) in [5, 5.41) is 5.32. The van der Waals surface area contributed by atoms with E-state index < -0.39 is 10.1 Å². The zero-order valence-electron chi connectivity index (χ0n) is 9.21. The van der Waals surface area contributed by atoms with Crippen molar-refractivity contribution in [3.8, 4) is 0 Å². The molecule has 0 aliphatic carbocycles. The number of anilines is 1. The standard InChI is InChI=1S/C9H8Cl2N4O3S/c10-8-5-9(11)14-15(13-8)12-6-2-1-3-7(4-6)19(16,17)18/h1-5,12-13H,(H,16,17,18). The van der Waals surface area contributed by atoms with Gasteiger partial charge in [-0.2, -0.15) is 8.42 Å². The summed E-state index contributed by atoms with van der Waals surface area (Å²) in [6, 6.07) is 5.52.